The van der Waals surface area contributed by atoms with Crippen molar-refractivity contribution in [2.75, 3.05) is 0 Å². The predicted molar refractivity (Wildman–Crippen MR) is 45.8 cm³/mol. The van der Waals surface area contributed by atoms with Gasteiger partial charge in [0.25, 0.3) is 0 Å². The Hall–Kier alpha value is -1.41. The zero-order chi connectivity index (χ0) is 10.0. The van der Waals surface area contributed by atoms with E-state index in [0.29, 0.717) is 0 Å². The number of benzene rings is 1. The van der Waals surface area contributed by atoms with E-state index in [0.717, 1.165) is 12.1 Å². The Balaban J connectivity index is 3.50. The number of hydrogen-bond donors (Lipinski definition) is 1. The van der Waals surface area contributed by atoms with Crippen LogP contribution in [-0.4, -0.2) is 11.1 Å². The Morgan fingerprint density at radius 1 is 1.62 bits per heavy atom. The molecule has 0 aliphatic rings. The first-order chi connectivity index (χ1) is 6.07. The number of carboxylic acids is 1. The lowest BCUT2D eigenvalue weighted by Gasteiger charge is -2.00. The van der Waals surface area contributed by atoms with Gasteiger partial charge in [-0.2, -0.15) is 5.26 Å². The van der Waals surface area contributed by atoms with Gasteiger partial charge in [0.2, 0.25) is 0 Å². The molecule has 0 bridgehead atoms. The lowest BCUT2D eigenvalue weighted by atomic mass is 10.1. The number of carboxylic acid groups (broad SMARTS) is 1. The monoisotopic (exact) mass is 243 g/mol. The van der Waals surface area contributed by atoms with Gasteiger partial charge in [-0.3, -0.25) is 0 Å². The summed E-state index contributed by atoms with van der Waals surface area (Å²) < 4.78 is 12.7. The van der Waals surface area contributed by atoms with Crippen LogP contribution in [0, 0.1) is 17.1 Å². The topological polar surface area (TPSA) is 61.1 Å². The van der Waals surface area contributed by atoms with Gasteiger partial charge in [-0.1, -0.05) is 0 Å². The Morgan fingerprint density at radius 2 is 2.23 bits per heavy atom. The van der Waals surface area contributed by atoms with E-state index in [2.05, 4.69) is 15.9 Å². The molecule has 13 heavy (non-hydrogen) atoms. The number of aromatic carboxylic acids is 1. The van der Waals surface area contributed by atoms with Gasteiger partial charge >= 0.3 is 5.97 Å². The molecule has 5 heteroatoms. The molecular weight excluding hydrogens is 241 g/mol. The Bertz CT molecular complexity index is 411. The maximum Gasteiger partial charge on any atom is 0.337 e. The van der Waals surface area contributed by atoms with E-state index in [1.54, 1.807) is 6.07 Å². The molecule has 0 amide bonds. The van der Waals surface area contributed by atoms with Crippen LogP contribution in [0.25, 0.3) is 0 Å². The summed E-state index contributed by atoms with van der Waals surface area (Å²) in [6.45, 7) is 0. The SMILES string of the molecule is N#Cc1c(C(=O)O)ccc(F)c1Br. The number of halogens is 2. The van der Waals surface area contributed by atoms with Crippen LogP contribution in [-0.2, 0) is 0 Å². The standard InChI is InChI=1S/C8H3BrFNO2/c9-7-5(3-11)4(8(12)13)1-2-6(7)10/h1-2H,(H,12,13). The molecule has 66 valence electrons. The van der Waals surface area contributed by atoms with Crippen molar-refractivity contribution < 1.29 is 14.3 Å². The number of hydrogen-bond acceptors (Lipinski definition) is 2. The summed E-state index contributed by atoms with van der Waals surface area (Å²) >= 11 is 2.80. The average Bonchev–Trinajstić information content (AvgIpc) is 2.09. The van der Waals surface area contributed by atoms with Gasteiger partial charge in [0, 0.05) is 0 Å². The molecule has 1 aromatic carbocycles. The molecule has 0 fully saturated rings. The molecule has 0 atom stereocenters. The zero-order valence-electron chi connectivity index (χ0n) is 6.21. The minimum Gasteiger partial charge on any atom is -0.478 e. The minimum absolute atomic E-state index is 0.116. The first-order valence-corrected chi connectivity index (χ1v) is 3.98. The van der Waals surface area contributed by atoms with Gasteiger partial charge in [0.15, 0.2) is 0 Å². The molecule has 1 rings (SSSR count). The van der Waals surface area contributed by atoms with Crippen molar-refractivity contribution in [1.82, 2.24) is 0 Å². The van der Waals surface area contributed by atoms with Crippen LogP contribution in [0.5, 0.6) is 0 Å². The van der Waals surface area contributed by atoms with Gasteiger partial charge in [-0.15, -0.1) is 0 Å². The highest BCUT2D eigenvalue weighted by Crippen LogP contribution is 2.23. The summed E-state index contributed by atoms with van der Waals surface area (Å²) in [6.07, 6.45) is 0. The molecule has 0 aliphatic carbocycles. The number of nitriles is 1. The smallest absolute Gasteiger partial charge is 0.337 e. The molecule has 1 N–H and O–H groups in total. The molecule has 0 aromatic heterocycles. The fourth-order valence-electron chi connectivity index (χ4n) is 0.838. The van der Waals surface area contributed by atoms with Gasteiger partial charge in [0.05, 0.1) is 15.6 Å². The molecule has 0 radical (unpaired) electrons. The molecule has 0 aliphatic heterocycles. The largest absolute Gasteiger partial charge is 0.478 e. The predicted octanol–water partition coefficient (Wildman–Crippen LogP) is 2.16. The van der Waals surface area contributed by atoms with E-state index in [-0.39, 0.29) is 15.6 Å². The average molecular weight is 244 g/mol. The van der Waals surface area contributed by atoms with Crippen LogP contribution in [0.1, 0.15) is 15.9 Å². The van der Waals surface area contributed by atoms with Crippen molar-refractivity contribution in [3.63, 3.8) is 0 Å². The Morgan fingerprint density at radius 3 is 2.69 bits per heavy atom. The fourth-order valence-corrected chi connectivity index (χ4v) is 1.27. The van der Waals surface area contributed by atoms with Crippen molar-refractivity contribution in [3.05, 3.63) is 33.5 Å². The van der Waals surface area contributed by atoms with E-state index in [1.807, 2.05) is 0 Å². The van der Waals surface area contributed by atoms with E-state index in [1.165, 1.54) is 0 Å². The first-order valence-electron chi connectivity index (χ1n) is 3.19. The quantitative estimate of drug-likeness (QED) is 0.823. The van der Waals surface area contributed by atoms with Gasteiger partial charge in [-0.05, 0) is 28.1 Å². The highest BCUT2D eigenvalue weighted by Gasteiger charge is 2.15. The summed E-state index contributed by atoms with van der Waals surface area (Å²) in [6, 6.07) is 3.67. The molecule has 0 saturated heterocycles. The van der Waals surface area contributed by atoms with Crippen LogP contribution >= 0.6 is 15.9 Å². The third kappa shape index (κ3) is 1.68. The summed E-state index contributed by atoms with van der Waals surface area (Å²) in [5.74, 6) is -1.90. The van der Waals surface area contributed by atoms with E-state index < -0.39 is 11.8 Å². The second-order valence-corrected chi connectivity index (χ2v) is 2.99. The third-order valence-electron chi connectivity index (χ3n) is 1.44. The van der Waals surface area contributed by atoms with Gasteiger partial charge in [0.1, 0.15) is 11.9 Å². The number of rotatable bonds is 1. The highest BCUT2D eigenvalue weighted by atomic mass is 79.9. The summed E-state index contributed by atoms with van der Waals surface area (Å²) in [5, 5.41) is 17.2. The lowest BCUT2D eigenvalue weighted by Crippen LogP contribution is -2.01. The molecule has 0 spiro atoms. The minimum atomic E-state index is -1.25. The third-order valence-corrected chi connectivity index (χ3v) is 2.21. The van der Waals surface area contributed by atoms with E-state index in [9.17, 15) is 9.18 Å². The van der Waals surface area contributed by atoms with Crippen LogP contribution in [0.2, 0.25) is 0 Å². The van der Waals surface area contributed by atoms with Crippen molar-refractivity contribution in [2.45, 2.75) is 0 Å². The molecule has 3 nitrogen and oxygen atoms in total. The van der Waals surface area contributed by atoms with Crippen LogP contribution in [0.4, 0.5) is 4.39 Å². The van der Waals surface area contributed by atoms with Crippen LogP contribution in [0.15, 0.2) is 16.6 Å². The van der Waals surface area contributed by atoms with Gasteiger partial charge in [-0.25, -0.2) is 9.18 Å². The number of carbonyl (C=O) groups is 1. The Kier molecular flexibility index (Phi) is 2.63. The second kappa shape index (κ2) is 3.54. The van der Waals surface area contributed by atoms with E-state index in [4.69, 9.17) is 10.4 Å². The molecule has 0 saturated carbocycles. The maximum absolute atomic E-state index is 12.8. The summed E-state index contributed by atoms with van der Waals surface area (Å²) in [7, 11) is 0. The second-order valence-electron chi connectivity index (χ2n) is 2.20. The van der Waals surface area contributed by atoms with E-state index >= 15 is 0 Å². The highest BCUT2D eigenvalue weighted by molar-refractivity contribution is 9.10. The van der Waals surface area contributed by atoms with Crippen molar-refractivity contribution in [2.24, 2.45) is 0 Å². The van der Waals surface area contributed by atoms with Gasteiger partial charge < -0.3 is 5.11 Å². The van der Waals surface area contributed by atoms with Crippen LogP contribution in [0.3, 0.4) is 0 Å². The summed E-state index contributed by atoms with van der Waals surface area (Å²) in [5.41, 5.74) is -0.414. The van der Waals surface area contributed by atoms with Crippen LogP contribution < -0.4 is 0 Å². The molecular formula is C8H3BrFNO2. The van der Waals surface area contributed by atoms with Crippen molar-refractivity contribution in [3.8, 4) is 6.07 Å². The van der Waals surface area contributed by atoms with Crippen molar-refractivity contribution in [1.29, 1.82) is 5.26 Å². The molecule has 1 aromatic rings. The normalized spacial score (nSPS) is 9.31. The number of nitrogens with zero attached hydrogens (tertiary/aromatic N) is 1. The summed E-state index contributed by atoms with van der Waals surface area (Å²) in [4.78, 5) is 10.5. The lowest BCUT2D eigenvalue weighted by molar-refractivity contribution is 0.0696. The van der Waals surface area contributed by atoms with Crippen molar-refractivity contribution >= 4 is 21.9 Å². The maximum atomic E-state index is 12.8. The fraction of sp³-hybridized carbons (Fsp3) is 0. The molecule has 0 heterocycles. The first kappa shape index (κ1) is 9.68. The molecule has 0 unspecified atom stereocenters. The zero-order valence-corrected chi connectivity index (χ0v) is 7.80. The Labute approximate surface area is 81.5 Å².